The zero-order chi connectivity index (χ0) is 21.7. The van der Waals surface area contributed by atoms with Gasteiger partial charge in [-0.05, 0) is 38.2 Å². The van der Waals surface area contributed by atoms with E-state index in [4.69, 9.17) is 16.0 Å². The smallest absolute Gasteiger partial charge is 0.330 e. The monoisotopic (exact) mass is 414 g/mol. The highest BCUT2D eigenvalue weighted by molar-refractivity contribution is 6.07. The van der Waals surface area contributed by atoms with Crippen molar-refractivity contribution in [1.82, 2.24) is 10.2 Å². The normalized spacial score (nSPS) is 22.5. The lowest BCUT2D eigenvalue weighted by atomic mass is 9.84. The third-order valence-corrected chi connectivity index (χ3v) is 5.48. The van der Waals surface area contributed by atoms with Crippen LogP contribution in [0, 0.1) is 11.4 Å². The standard InChI is InChI=1S/C20H26N6O4/c1-12(13-6-3-2-4-7-13)24-20(29)26-16(18(28)30-14-8-5-9-14)15(17(26)27)10-11-23-19(21)25-22/h2-4,6-7,12,14-16,22H,5,8-11H2,1H3,(H2,21,23)(H,24,29)/t12-,15?,16?/m1/s1. The second-order valence-corrected chi connectivity index (χ2v) is 7.47. The predicted molar refractivity (Wildman–Crippen MR) is 107 cm³/mol. The number of hydrogen-bond donors (Lipinski definition) is 3. The van der Waals surface area contributed by atoms with Gasteiger partial charge in [-0.15, -0.1) is 5.11 Å². The zero-order valence-electron chi connectivity index (χ0n) is 16.8. The average molecular weight is 414 g/mol. The maximum Gasteiger partial charge on any atom is 0.330 e. The molecular weight excluding hydrogens is 388 g/mol. The number of ether oxygens (including phenoxy) is 1. The molecule has 1 aromatic carbocycles. The molecule has 0 bridgehead atoms. The fourth-order valence-electron chi connectivity index (χ4n) is 3.48. The van der Waals surface area contributed by atoms with Crippen LogP contribution in [0.1, 0.15) is 44.2 Å². The molecule has 0 radical (unpaired) electrons. The number of amides is 3. The first kappa shape index (κ1) is 21.4. The number of nitrogens with zero attached hydrogens (tertiary/aromatic N) is 3. The first-order valence-corrected chi connectivity index (χ1v) is 9.98. The molecule has 1 aliphatic heterocycles. The topological polar surface area (TPSA) is 150 Å². The number of carbonyl (C=O) groups excluding carboxylic acids is 3. The summed E-state index contributed by atoms with van der Waals surface area (Å²) >= 11 is 0. The van der Waals surface area contributed by atoms with Gasteiger partial charge in [-0.1, -0.05) is 30.3 Å². The molecule has 0 spiro atoms. The molecule has 160 valence electrons. The summed E-state index contributed by atoms with van der Waals surface area (Å²) < 4.78 is 5.47. The van der Waals surface area contributed by atoms with Gasteiger partial charge in [-0.3, -0.25) is 9.79 Å². The van der Waals surface area contributed by atoms with Gasteiger partial charge in [-0.2, -0.15) is 0 Å². The first-order valence-electron chi connectivity index (χ1n) is 9.98. The predicted octanol–water partition coefficient (Wildman–Crippen LogP) is 2.12. The molecule has 2 unspecified atom stereocenters. The van der Waals surface area contributed by atoms with E-state index >= 15 is 0 Å². The summed E-state index contributed by atoms with van der Waals surface area (Å²) in [5.41, 5.74) is 13.0. The molecule has 1 heterocycles. The number of carbonyl (C=O) groups is 3. The van der Waals surface area contributed by atoms with Crippen molar-refractivity contribution in [3.05, 3.63) is 35.9 Å². The molecule has 2 aliphatic rings. The largest absolute Gasteiger partial charge is 0.461 e. The first-order chi connectivity index (χ1) is 14.4. The fourth-order valence-corrected chi connectivity index (χ4v) is 3.48. The number of rotatable bonds is 7. The molecule has 4 N–H and O–H groups in total. The van der Waals surface area contributed by atoms with Crippen LogP contribution in [0.25, 0.3) is 0 Å². The molecule has 1 aliphatic carbocycles. The van der Waals surface area contributed by atoms with Crippen LogP contribution in [-0.4, -0.2) is 47.5 Å². The van der Waals surface area contributed by atoms with Crippen molar-refractivity contribution in [1.29, 1.82) is 5.53 Å². The quantitative estimate of drug-likeness (QED) is 0.205. The number of β-lactam (4-membered cyclic amide) rings is 1. The molecule has 1 saturated carbocycles. The van der Waals surface area contributed by atoms with Crippen LogP contribution in [0.2, 0.25) is 0 Å². The second-order valence-electron chi connectivity index (χ2n) is 7.47. The maximum absolute atomic E-state index is 12.8. The summed E-state index contributed by atoms with van der Waals surface area (Å²) in [4.78, 5) is 42.9. The number of urea groups is 1. The summed E-state index contributed by atoms with van der Waals surface area (Å²) in [7, 11) is 0. The summed E-state index contributed by atoms with van der Waals surface area (Å²) in [5.74, 6) is -1.96. The molecule has 0 aromatic heterocycles. The Hall–Kier alpha value is -3.30. The lowest BCUT2D eigenvalue weighted by Crippen LogP contribution is -2.68. The Morgan fingerprint density at radius 3 is 2.63 bits per heavy atom. The third kappa shape index (κ3) is 4.64. The van der Waals surface area contributed by atoms with Crippen molar-refractivity contribution in [3.8, 4) is 0 Å². The number of imide groups is 1. The van der Waals surface area contributed by atoms with Gasteiger partial charge in [0.05, 0.1) is 12.0 Å². The minimum Gasteiger partial charge on any atom is -0.461 e. The average Bonchev–Trinajstić information content (AvgIpc) is 2.71. The minimum absolute atomic E-state index is 0.119. The zero-order valence-corrected chi connectivity index (χ0v) is 16.8. The van der Waals surface area contributed by atoms with E-state index in [0.717, 1.165) is 29.7 Å². The van der Waals surface area contributed by atoms with E-state index in [1.807, 2.05) is 30.3 Å². The van der Waals surface area contributed by atoms with Crippen molar-refractivity contribution < 1.29 is 19.1 Å². The second kappa shape index (κ2) is 9.47. The van der Waals surface area contributed by atoms with E-state index in [1.165, 1.54) is 0 Å². The Balaban J connectivity index is 1.68. The van der Waals surface area contributed by atoms with Crippen LogP contribution in [0.5, 0.6) is 0 Å². The van der Waals surface area contributed by atoms with Gasteiger partial charge in [0.25, 0.3) is 0 Å². The van der Waals surface area contributed by atoms with Crippen LogP contribution in [0.4, 0.5) is 4.79 Å². The van der Waals surface area contributed by atoms with Crippen LogP contribution in [0.15, 0.2) is 40.4 Å². The van der Waals surface area contributed by atoms with Crippen molar-refractivity contribution in [2.24, 2.45) is 21.8 Å². The fraction of sp³-hybridized carbons (Fsp3) is 0.500. The van der Waals surface area contributed by atoms with Crippen molar-refractivity contribution >= 4 is 23.9 Å². The molecular formula is C20H26N6O4. The molecule has 1 saturated heterocycles. The maximum atomic E-state index is 12.8. The highest BCUT2D eigenvalue weighted by Crippen LogP contribution is 2.33. The van der Waals surface area contributed by atoms with Gasteiger partial charge in [0, 0.05) is 6.54 Å². The van der Waals surface area contributed by atoms with E-state index in [-0.39, 0.29) is 31.1 Å². The van der Waals surface area contributed by atoms with Crippen LogP contribution in [-0.2, 0) is 14.3 Å². The van der Waals surface area contributed by atoms with Crippen LogP contribution < -0.4 is 11.1 Å². The Morgan fingerprint density at radius 1 is 1.33 bits per heavy atom. The Morgan fingerprint density at radius 2 is 2.03 bits per heavy atom. The summed E-state index contributed by atoms with van der Waals surface area (Å²) in [6.07, 6.45) is 2.63. The number of hydrogen-bond acceptors (Lipinski definition) is 6. The molecule has 3 atom stereocenters. The van der Waals surface area contributed by atoms with Crippen molar-refractivity contribution in [2.45, 2.75) is 50.8 Å². The summed E-state index contributed by atoms with van der Waals surface area (Å²) in [5, 5.41) is 5.76. The van der Waals surface area contributed by atoms with Gasteiger partial charge < -0.3 is 15.8 Å². The van der Waals surface area contributed by atoms with Gasteiger partial charge in [0.15, 0.2) is 6.04 Å². The molecule has 10 heteroatoms. The number of nitrogens with one attached hydrogen (secondary N) is 2. The SMILES string of the molecule is C[C@@H](NC(=O)N1C(=O)C(CCN=C(N)N=N)C1C(=O)OC1CCC1)c1ccccc1. The number of esters is 1. The Bertz CT molecular complexity index is 839. The van der Waals surface area contributed by atoms with Crippen LogP contribution >= 0.6 is 0 Å². The molecule has 1 aromatic rings. The van der Waals surface area contributed by atoms with Crippen molar-refractivity contribution in [2.75, 3.05) is 6.54 Å². The van der Waals surface area contributed by atoms with Crippen LogP contribution in [0.3, 0.4) is 0 Å². The van der Waals surface area contributed by atoms with Crippen molar-refractivity contribution in [3.63, 3.8) is 0 Å². The highest BCUT2D eigenvalue weighted by atomic mass is 16.5. The Kier molecular flexibility index (Phi) is 6.76. The number of likely N-dealkylation sites (tertiary alicyclic amines) is 1. The minimum atomic E-state index is -0.995. The van der Waals surface area contributed by atoms with E-state index in [1.54, 1.807) is 6.92 Å². The number of nitrogens with two attached hydrogens (primary N) is 1. The number of aliphatic imine (C=N–C) groups is 1. The lowest BCUT2D eigenvalue weighted by Gasteiger charge is -2.44. The third-order valence-electron chi connectivity index (χ3n) is 5.48. The van der Waals surface area contributed by atoms with E-state index in [2.05, 4.69) is 15.4 Å². The number of guanidine groups is 1. The van der Waals surface area contributed by atoms with Gasteiger partial charge >= 0.3 is 12.0 Å². The van der Waals surface area contributed by atoms with Gasteiger partial charge in [0.2, 0.25) is 11.9 Å². The molecule has 30 heavy (non-hydrogen) atoms. The molecule has 2 fully saturated rings. The lowest BCUT2D eigenvalue weighted by molar-refractivity contribution is -0.175. The van der Waals surface area contributed by atoms with E-state index in [0.29, 0.717) is 0 Å². The Labute approximate surface area is 174 Å². The van der Waals surface area contributed by atoms with E-state index in [9.17, 15) is 14.4 Å². The van der Waals surface area contributed by atoms with E-state index < -0.39 is 29.9 Å². The molecule has 3 amide bonds. The summed E-state index contributed by atoms with van der Waals surface area (Å²) in [6, 6.07) is 7.36. The molecule has 3 rings (SSSR count). The molecule has 10 nitrogen and oxygen atoms in total. The van der Waals surface area contributed by atoms with Gasteiger partial charge in [-0.25, -0.2) is 20.0 Å². The highest BCUT2D eigenvalue weighted by Gasteiger charge is 2.55. The summed E-state index contributed by atoms with van der Waals surface area (Å²) in [6.45, 7) is 1.92. The number of benzene rings is 1. The van der Waals surface area contributed by atoms with Gasteiger partial charge in [0.1, 0.15) is 6.10 Å².